The summed E-state index contributed by atoms with van der Waals surface area (Å²) in [6.07, 6.45) is 0. The molecule has 0 atom stereocenters. The highest BCUT2D eigenvalue weighted by molar-refractivity contribution is 5.94. The number of aryl methyl sites for hydroxylation is 1. The van der Waals surface area contributed by atoms with Crippen molar-refractivity contribution in [3.8, 4) is 5.75 Å². The Morgan fingerprint density at radius 3 is 2.19 bits per heavy atom. The molecule has 0 saturated heterocycles. The van der Waals surface area contributed by atoms with E-state index in [9.17, 15) is 4.79 Å². The standard InChI is InChI=1S/C18H21NO2/c1-4-19(13-15-7-11-17(21-3)12-8-15)18(20)16-9-5-14(2)6-10-16/h5-12H,4,13H2,1-3H3. The van der Waals surface area contributed by atoms with E-state index in [1.165, 1.54) is 0 Å². The summed E-state index contributed by atoms with van der Waals surface area (Å²) in [6, 6.07) is 15.5. The molecule has 0 bridgehead atoms. The first-order valence-electron chi connectivity index (χ1n) is 7.13. The maximum Gasteiger partial charge on any atom is 0.254 e. The summed E-state index contributed by atoms with van der Waals surface area (Å²) in [4.78, 5) is 14.4. The highest BCUT2D eigenvalue weighted by Gasteiger charge is 2.14. The summed E-state index contributed by atoms with van der Waals surface area (Å²) in [5.41, 5.74) is 2.99. The Balaban J connectivity index is 2.11. The summed E-state index contributed by atoms with van der Waals surface area (Å²) in [6.45, 7) is 5.30. The fraction of sp³-hybridized carbons (Fsp3) is 0.278. The number of amides is 1. The maximum absolute atomic E-state index is 12.5. The number of carbonyl (C=O) groups excluding carboxylic acids is 1. The van der Waals surface area contributed by atoms with E-state index in [-0.39, 0.29) is 5.91 Å². The molecule has 1 amide bonds. The fourth-order valence-corrected chi connectivity index (χ4v) is 2.16. The predicted molar refractivity (Wildman–Crippen MR) is 84.6 cm³/mol. The van der Waals surface area contributed by atoms with Gasteiger partial charge in [0.15, 0.2) is 0 Å². The van der Waals surface area contributed by atoms with Crippen LogP contribution in [0.5, 0.6) is 5.75 Å². The zero-order valence-corrected chi connectivity index (χ0v) is 12.8. The molecule has 0 saturated carbocycles. The van der Waals surface area contributed by atoms with Crippen molar-refractivity contribution in [2.45, 2.75) is 20.4 Å². The molecule has 2 aromatic carbocycles. The molecule has 0 spiro atoms. The molecule has 0 aliphatic heterocycles. The zero-order valence-electron chi connectivity index (χ0n) is 12.8. The van der Waals surface area contributed by atoms with Gasteiger partial charge in [-0.1, -0.05) is 29.8 Å². The first kappa shape index (κ1) is 15.1. The molecule has 3 heteroatoms. The Labute approximate surface area is 126 Å². The van der Waals surface area contributed by atoms with Gasteiger partial charge in [0, 0.05) is 18.7 Å². The van der Waals surface area contributed by atoms with Crippen molar-refractivity contribution in [2.75, 3.05) is 13.7 Å². The molecule has 0 fully saturated rings. The highest BCUT2D eigenvalue weighted by Crippen LogP contribution is 2.15. The van der Waals surface area contributed by atoms with Crippen LogP contribution in [-0.4, -0.2) is 24.5 Å². The minimum Gasteiger partial charge on any atom is -0.497 e. The summed E-state index contributed by atoms with van der Waals surface area (Å²) < 4.78 is 5.15. The van der Waals surface area contributed by atoms with Crippen LogP contribution in [0.1, 0.15) is 28.4 Å². The lowest BCUT2D eigenvalue weighted by Crippen LogP contribution is -2.30. The number of carbonyl (C=O) groups is 1. The number of rotatable bonds is 5. The minimum atomic E-state index is 0.0633. The fourth-order valence-electron chi connectivity index (χ4n) is 2.16. The van der Waals surface area contributed by atoms with Gasteiger partial charge in [0.2, 0.25) is 0 Å². The molecule has 0 aliphatic carbocycles. The molecular formula is C18H21NO2. The number of methoxy groups -OCH3 is 1. The largest absolute Gasteiger partial charge is 0.497 e. The van der Waals surface area contributed by atoms with E-state index >= 15 is 0 Å². The lowest BCUT2D eigenvalue weighted by atomic mass is 10.1. The molecule has 0 radical (unpaired) electrons. The van der Waals surface area contributed by atoms with Crippen LogP contribution in [0.4, 0.5) is 0 Å². The van der Waals surface area contributed by atoms with Crippen molar-refractivity contribution in [1.82, 2.24) is 4.90 Å². The van der Waals surface area contributed by atoms with Gasteiger partial charge in [-0.3, -0.25) is 4.79 Å². The predicted octanol–water partition coefficient (Wildman–Crippen LogP) is 3.67. The Kier molecular flexibility index (Phi) is 4.99. The van der Waals surface area contributed by atoms with Crippen LogP contribution in [0, 0.1) is 6.92 Å². The van der Waals surface area contributed by atoms with Gasteiger partial charge in [0.1, 0.15) is 5.75 Å². The van der Waals surface area contributed by atoms with Crippen LogP contribution in [0.2, 0.25) is 0 Å². The van der Waals surface area contributed by atoms with E-state index in [0.29, 0.717) is 13.1 Å². The molecule has 110 valence electrons. The molecule has 21 heavy (non-hydrogen) atoms. The van der Waals surface area contributed by atoms with Gasteiger partial charge >= 0.3 is 0 Å². The van der Waals surface area contributed by atoms with Crippen LogP contribution in [-0.2, 0) is 6.54 Å². The topological polar surface area (TPSA) is 29.5 Å². The Hall–Kier alpha value is -2.29. The van der Waals surface area contributed by atoms with Gasteiger partial charge in [0.05, 0.1) is 7.11 Å². The van der Waals surface area contributed by atoms with E-state index in [0.717, 1.165) is 22.4 Å². The van der Waals surface area contributed by atoms with Crippen molar-refractivity contribution in [3.05, 3.63) is 65.2 Å². The van der Waals surface area contributed by atoms with Crippen LogP contribution in [0.25, 0.3) is 0 Å². The van der Waals surface area contributed by atoms with Crippen molar-refractivity contribution >= 4 is 5.91 Å². The zero-order chi connectivity index (χ0) is 15.2. The number of hydrogen-bond donors (Lipinski definition) is 0. The molecule has 2 rings (SSSR count). The van der Waals surface area contributed by atoms with Gasteiger partial charge in [-0.05, 0) is 43.7 Å². The van der Waals surface area contributed by atoms with Crippen molar-refractivity contribution in [1.29, 1.82) is 0 Å². The van der Waals surface area contributed by atoms with Crippen LogP contribution in [0.3, 0.4) is 0 Å². The average Bonchev–Trinajstić information content (AvgIpc) is 2.53. The first-order chi connectivity index (χ1) is 10.1. The maximum atomic E-state index is 12.5. The third kappa shape index (κ3) is 3.85. The second-order valence-electron chi connectivity index (χ2n) is 5.03. The molecule has 2 aromatic rings. The lowest BCUT2D eigenvalue weighted by molar-refractivity contribution is 0.0752. The molecule has 0 N–H and O–H groups in total. The third-order valence-electron chi connectivity index (χ3n) is 3.50. The van der Waals surface area contributed by atoms with Gasteiger partial charge in [0.25, 0.3) is 5.91 Å². The monoisotopic (exact) mass is 283 g/mol. The minimum absolute atomic E-state index is 0.0633. The second-order valence-corrected chi connectivity index (χ2v) is 5.03. The van der Waals surface area contributed by atoms with Crippen LogP contribution < -0.4 is 4.74 Å². The summed E-state index contributed by atoms with van der Waals surface area (Å²) in [5, 5.41) is 0. The van der Waals surface area contributed by atoms with E-state index < -0.39 is 0 Å². The van der Waals surface area contributed by atoms with Crippen molar-refractivity contribution in [3.63, 3.8) is 0 Å². The summed E-state index contributed by atoms with van der Waals surface area (Å²) in [5.74, 6) is 0.889. The average molecular weight is 283 g/mol. The SMILES string of the molecule is CCN(Cc1ccc(OC)cc1)C(=O)c1ccc(C)cc1. The van der Waals surface area contributed by atoms with Gasteiger partial charge in [-0.25, -0.2) is 0 Å². The second kappa shape index (κ2) is 6.93. The Bertz CT molecular complexity index is 588. The molecule has 3 nitrogen and oxygen atoms in total. The van der Waals surface area contributed by atoms with Crippen molar-refractivity contribution in [2.24, 2.45) is 0 Å². The van der Waals surface area contributed by atoms with Gasteiger partial charge in [-0.2, -0.15) is 0 Å². The molecule has 0 heterocycles. The summed E-state index contributed by atoms with van der Waals surface area (Å²) in [7, 11) is 1.65. The van der Waals surface area contributed by atoms with Crippen molar-refractivity contribution < 1.29 is 9.53 Å². The van der Waals surface area contributed by atoms with E-state index in [1.54, 1.807) is 7.11 Å². The van der Waals surface area contributed by atoms with Gasteiger partial charge in [-0.15, -0.1) is 0 Å². The smallest absolute Gasteiger partial charge is 0.254 e. The third-order valence-corrected chi connectivity index (χ3v) is 3.50. The van der Waals surface area contributed by atoms with E-state index in [2.05, 4.69) is 0 Å². The van der Waals surface area contributed by atoms with Gasteiger partial charge < -0.3 is 9.64 Å². The molecule has 0 aliphatic rings. The Morgan fingerprint density at radius 2 is 1.67 bits per heavy atom. The molecule has 0 aromatic heterocycles. The van der Waals surface area contributed by atoms with Crippen LogP contribution >= 0.6 is 0 Å². The first-order valence-corrected chi connectivity index (χ1v) is 7.13. The highest BCUT2D eigenvalue weighted by atomic mass is 16.5. The van der Waals surface area contributed by atoms with E-state index in [1.807, 2.05) is 67.3 Å². The quantitative estimate of drug-likeness (QED) is 0.838. The van der Waals surface area contributed by atoms with E-state index in [4.69, 9.17) is 4.74 Å². The molecular weight excluding hydrogens is 262 g/mol. The Morgan fingerprint density at radius 1 is 1.05 bits per heavy atom. The number of benzene rings is 2. The van der Waals surface area contributed by atoms with Crippen LogP contribution in [0.15, 0.2) is 48.5 Å². The number of nitrogens with zero attached hydrogens (tertiary/aromatic N) is 1. The number of hydrogen-bond acceptors (Lipinski definition) is 2. The molecule has 0 unspecified atom stereocenters. The summed E-state index contributed by atoms with van der Waals surface area (Å²) >= 11 is 0. The lowest BCUT2D eigenvalue weighted by Gasteiger charge is -2.21. The normalized spacial score (nSPS) is 10.2. The number of ether oxygens (including phenoxy) is 1.